The van der Waals surface area contributed by atoms with Crippen molar-refractivity contribution in [3.63, 3.8) is 0 Å². The van der Waals surface area contributed by atoms with Crippen LogP contribution in [0, 0.1) is 5.41 Å². The number of rotatable bonds is 2. The van der Waals surface area contributed by atoms with E-state index in [0.29, 0.717) is 4.90 Å². The third kappa shape index (κ3) is 2.01. The fourth-order valence-corrected chi connectivity index (χ4v) is 5.84. The second-order valence-electron chi connectivity index (χ2n) is 5.95. The Balaban J connectivity index is 2.07. The molecule has 1 saturated carbocycles. The SMILES string of the molecule is O=S1(=O)CC(C2(CO)CCCCC2)c2ccccc21. The Kier molecular flexibility index (Phi) is 3.18. The van der Waals surface area contributed by atoms with E-state index in [9.17, 15) is 13.5 Å². The summed E-state index contributed by atoms with van der Waals surface area (Å²) in [5, 5.41) is 9.90. The van der Waals surface area contributed by atoms with E-state index in [0.717, 1.165) is 31.2 Å². The first-order chi connectivity index (χ1) is 9.09. The van der Waals surface area contributed by atoms with Gasteiger partial charge >= 0.3 is 0 Å². The number of aliphatic hydroxyl groups excluding tert-OH is 1. The molecule has 0 aromatic heterocycles. The van der Waals surface area contributed by atoms with Crippen LogP contribution in [-0.4, -0.2) is 25.9 Å². The maximum Gasteiger partial charge on any atom is 0.179 e. The molecule has 1 N–H and O–H groups in total. The van der Waals surface area contributed by atoms with E-state index in [1.165, 1.54) is 6.42 Å². The lowest BCUT2D eigenvalue weighted by molar-refractivity contribution is 0.0611. The highest BCUT2D eigenvalue weighted by Gasteiger charge is 2.47. The predicted octanol–water partition coefficient (Wildman–Crippen LogP) is 2.50. The molecule has 1 fully saturated rings. The smallest absolute Gasteiger partial charge is 0.179 e. The van der Waals surface area contributed by atoms with Gasteiger partial charge in [0, 0.05) is 17.9 Å². The van der Waals surface area contributed by atoms with Crippen LogP contribution in [0.3, 0.4) is 0 Å². The molecule has 4 heteroatoms. The zero-order valence-electron chi connectivity index (χ0n) is 11.0. The fourth-order valence-electron chi connectivity index (χ4n) is 3.83. The number of hydrogen-bond donors (Lipinski definition) is 1. The molecular formula is C15H20O3S. The molecule has 1 aromatic rings. The molecule has 0 spiro atoms. The maximum atomic E-state index is 12.3. The predicted molar refractivity (Wildman–Crippen MR) is 73.8 cm³/mol. The lowest BCUT2D eigenvalue weighted by Gasteiger charge is -2.40. The molecule has 0 bridgehead atoms. The summed E-state index contributed by atoms with van der Waals surface area (Å²) < 4.78 is 24.6. The minimum atomic E-state index is -3.16. The fraction of sp³-hybridized carbons (Fsp3) is 0.600. The summed E-state index contributed by atoms with van der Waals surface area (Å²) in [4.78, 5) is 0.485. The van der Waals surface area contributed by atoms with Crippen molar-refractivity contribution in [2.75, 3.05) is 12.4 Å². The Hall–Kier alpha value is -0.870. The van der Waals surface area contributed by atoms with Crippen LogP contribution >= 0.6 is 0 Å². The summed E-state index contributed by atoms with van der Waals surface area (Å²) >= 11 is 0. The van der Waals surface area contributed by atoms with Crippen LogP contribution in [0.2, 0.25) is 0 Å². The van der Waals surface area contributed by atoms with Crippen LogP contribution in [0.5, 0.6) is 0 Å². The van der Waals surface area contributed by atoms with Crippen molar-refractivity contribution in [3.05, 3.63) is 29.8 Å². The lowest BCUT2D eigenvalue weighted by Crippen LogP contribution is -2.36. The number of aliphatic hydroxyl groups is 1. The molecule has 1 heterocycles. The van der Waals surface area contributed by atoms with Crippen molar-refractivity contribution in [3.8, 4) is 0 Å². The molecular weight excluding hydrogens is 260 g/mol. The normalized spacial score (nSPS) is 27.9. The first-order valence-electron chi connectivity index (χ1n) is 7.02. The van der Waals surface area contributed by atoms with Crippen molar-refractivity contribution >= 4 is 9.84 Å². The van der Waals surface area contributed by atoms with Gasteiger partial charge in [-0.05, 0) is 24.5 Å². The minimum Gasteiger partial charge on any atom is -0.396 e. The third-order valence-corrected chi connectivity index (χ3v) is 6.73. The quantitative estimate of drug-likeness (QED) is 0.905. The Morgan fingerprint density at radius 1 is 1.16 bits per heavy atom. The average Bonchev–Trinajstić information content (AvgIpc) is 2.73. The first kappa shape index (κ1) is 13.1. The van der Waals surface area contributed by atoms with E-state index in [2.05, 4.69) is 0 Å². The zero-order chi connectivity index (χ0) is 13.5. The van der Waals surface area contributed by atoms with Gasteiger partial charge in [-0.25, -0.2) is 8.42 Å². The average molecular weight is 280 g/mol. The summed E-state index contributed by atoms with van der Waals surface area (Å²) in [6.45, 7) is 0.0987. The van der Waals surface area contributed by atoms with Crippen LogP contribution in [0.15, 0.2) is 29.2 Å². The molecule has 0 radical (unpaired) electrons. The highest BCUT2D eigenvalue weighted by Crippen LogP contribution is 2.52. The van der Waals surface area contributed by atoms with Gasteiger partial charge in [0.15, 0.2) is 9.84 Å². The summed E-state index contributed by atoms with van der Waals surface area (Å²) in [7, 11) is -3.16. The van der Waals surface area contributed by atoms with Crippen LogP contribution in [0.4, 0.5) is 0 Å². The zero-order valence-corrected chi connectivity index (χ0v) is 11.8. The van der Waals surface area contributed by atoms with Gasteiger partial charge < -0.3 is 5.11 Å². The van der Waals surface area contributed by atoms with Crippen molar-refractivity contribution in [1.82, 2.24) is 0 Å². The second kappa shape index (κ2) is 4.60. The van der Waals surface area contributed by atoms with Gasteiger partial charge in [-0.2, -0.15) is 0 Å². The van der Waals surface area contributed by atoms with Gasteiger partial charge in [0.1, 0.15) is 0 Å². The van der Waals surface area contributed by atoms with E-state index in [1.54, 1.807) is 12.1 Å². The first-order valence-corrected chi connectivity index (χ1v) is 8.67. The summed E-state index contributed by atoms with van der Waals surface area (Å²) in [5.74, 6) is 0.145. The molecule has 3 nitrogen and oxygen atoms in total. The highest BCUT2D eigenvalue weighted by molar-refractivity contribution is 7.91. The van der Waals surface area contributed by atoms with Crippen molar-refractivity contribution in [2.45, 2.75) is 42.9 Å². The number of fused-ring (bicyclic) bond motifs is 1. The van der Waals surface area contributed by atoms with E-state index >= 15 is 0 Å². The van der Waals surface area contributed by atoms with E-state index in [-0.39, 0.29) is 23.7 Å². The van der Waals surface area contributed by atoms with Crippen LogP contribution in [0.1, 0.15) is 43.6 Å². The Labute approximate surface area is 114 Å². The topological polar surface area (TPSA) is 54.4 Å². The van der Waals surface area contributed by atoms with Crippen LogP contribution in [-0.2, 0) is 9.84 Å². The molecule has 1 unspecified atom stereocenters. The Bertz CT molecular complexity index is 571. The van der Waals surface area contributed by atoms with Gasteiger partial charge in [0.2, 0.25) is 0 Å². The summed E-state index contributed by atoms with van der Waals surface area (Å²) in [6, 6.07) is 7.32. The maximum absolute atomic E-state index is 12.3. The van der Waals surface area contributed by atoms with Crippen molar-refractivity contribution < 1.29 is 13.5 Å². The molecule has 0 amide bonds. The summed E-state index contributed by atoms with van der Waals surface area (Å²) in [6.07, 6.45) is 5.28. The van der Waals surface area contributed by atoms with Gasteiger partial charge in [-0.1, -0.05) is 37.5 Å². The van der Waals surface area contributed by atoms with E-state index in [1.807, 2.05) is 12.1 Å². The summed E-state index contributed by atoms with van der Waals surface area (Å²) in [5.41, 5.74) is 0.705. The molecule has 1 aromatic carbocycles. The third-order valence-electron chi connectivity index (χ3n) is 4.92. The highest BCUT2D eigenvalue weighted by atomic mass is 32.2. The van der Waals surface area contributed by atoms with Gasteiger partial charge in [-0.15, -0.1) is 0 Å². The molecule has 19 heavy (non-hydrogen) atoms. The van der Waals surface area contributed by atoms with E-state index < -0.39 is 9.84 Å². The van der Waals surface area contributed by atoms with Crippen molar-refractivity contribution in [2.24, 2.45) is 5.41 Å². The molecule has 0 saturated heterocycles. The van der Waals surface area contributed by atoms with Crippen LogP contribution in [0.25, 0.3) is 0 Å². The van der Waals surface area contributed by atoms with Gasteiger partial charge in [0.25, 0.3) is 0 Å². The monoisotopic (exact) mass is 280 g/mol. The molecule has 104 valence electrons. The Morgan fingerprint density at radius 3 is 2.53 bits per heavy atom. The lowest BCUT2D eigenvalue weighted by atomic mass is 9.65. The standard InChI is InChI=1S/C15H20O3S/c16-11-15(8-4-1-5-9-15)13-10-19(17,18)14-7-3-2-6-12(13)14/h2-3,6-7,13,16H,1,4-5,8-11H2. The molecule has 1 aliphatic carbocycles. The van der Waals surface area contributed by atoms with E-state index in [4.69, 9.17) is 0 Å². The van der Waals surface area contributed by atoms with Gasteiger partial charge in [-0.3, -0.25) is 0 Å². The molecule has 1 atom stereocenters. The molecule has 2 aliphatic rings. The number of hydrogen-bond acceptors (Lipinski definition) is 3. The molecule has 1 aliphatic heterocycles. The number of benzene rings is 1. The minimum absolute atomic E-state index is 0.0287. The number of sulfone groups is 1. The second-order valence-corrected chi connectivity index (χ2v) is 7.96. The van der Waals surface area contributed by atoms with Crippen molar-refractivity contribution in [1.29, 1.82) is 0 Å². The largest absolute Gasteiger partial charge is 0.396 e. The van der Waals surface area contributed by atoms with Gasteiger partial charge in [0.05, 0.1) is 10.6 Å². The van der Waals surface area contributed by atoms with Crippen LogP contribution < -0.4 is 0 Å². The Morgan fingerprint density at radius 2 is 1.84 bits per heavy atom. The molecule has 3 rings (SSSR count).